The van der Waals surface area contributed by atoms with Gasteiger partial charge in [-0.15, -0.1) is 0 Å². The Balaban J connectivity index is 0.000000799. The Hall–Kier alpha value is -0.266. The number of para-hydroxylation sites is 2. The van der Waals surface area contributed by atoms with Crippen LogP contribution in [0.15, 0.2) is 60.7 Å². The maximum atomic E-state index is 11.3. The molecule has 3 saturated heterocycles. The van der Waals surface area contributed by atoms with Gasteiger partial charge >= 0.3 is 138 Å². The number of phenolic OH excluding ortho intramolecular Hbond substituents is 1. The second-order valence-corrected chi connectivity index (χ2v) is 17.1. The number of ether oxygens (including phenoxy) is 4. The first-order valence-corrected chi connectivity index (χ1v) is 21.8. The van der Waals surface area contributed by atoms with Crippen molar-refractivity contribution in [3.63, 3.8) is 0 Å². The molecule has 6 heterocycles. The van der Waals surface area contributed by atoms with E-state index in [1.54, 1.807) is 6.07 Å². The molecule has 0 saturated carbocycles. The topological polar surface area (TPSA) is 224 Å². The van der Waals surface area contributed by atoms with Gasteiger partial charge in [0.25, 0.3) is 24.2 Å². The van der Waals surface area contributed by atoms with Crippen LogP contribution in [0, 0.1) is 5.92 Å². The maximum Gasteiger partial charge on any atom is 1.00 e. The van der Waals surface area contributed by atoms with Crippen LogP contribution in [0.5, 0.6) is 28.7 Å². The van der Waals surface area contributed by atoms with E-state index in [2.05, 4.69) is 69.9 Å². The summed E-state index contributed by atoms with van der Waals surface area (Å²) in [5, 5.41) is 34.6. The third-order valence-corrected chi connectivity index (χ3v) is 11.4. The minimum absolute atomic E-state index is 0. The number of aliphatic hydroxyl groups excluding tert-OH is 1. The molecular formula is C42H63Cs2N6O12P3. The van der Waals surface area contributed by atoms with E-state index in [4.69, 9.17) is 39.2 Å². The normalized spacial score (nSPS) is 17.9. The van der Waals surface area contributed by atoms with Gasteiger partial charge in [0, 0.05) is 51.4 Å². The number of nitrogens with zero attached hydrogens (tertiary/aromatic N) is 3. The van der Waals surface area contributed by atoms with Crippen LogP contribution in [-0.4, -0.2) is 120 Å². The second kappa shape index (κ2) is 34.9. The van der Waals surface area contributed by atoms with Crippen molar-refractivity contribution in [3.8, 4) is 28.7 Å². The van der Waals surface area contributed by atoms with Crippen LogP contribution in [0.3, 0.4) is 0 Å². The van der Waals surface area contributed by atoms with Gasteiger partial charge in [-0.3, -0.25) is 33.2 Å². The number of aromatic hydroxyl groups is 1. The van der Waals surface area contributed by atoms with E-state index in [0.717, 1.165) is 75.0 Å². The van der Waals surface area contributed by atoms with Gasteiger partial charge in [0.2, 0.25) is 0 Å². The molecule has 350 valence electrons. The number of benzene rings is 3. The van der Waals surface area contributed by atoms with Crippen LogP contribution < -0.4 is 178 Å². The van der Waals surface area contributed by atoms with Crippen LogP contribution in [0.1, 0.15) is 54.3 Å². The molecule has 3 unspecified atom stereocenters. The zero-order chi connectivity index (χ0) is 44.9. The maximum absolute atomic E-state index is 11.3. The molecule has 3 aromatic rings. The Morgan fingerprint density at radius 1 is 0.677 bits per heavy atom. The largest absolute Gasteiger partial charge is 1.00 e. The molecule has 0 spiro atoms. The summed E-state index contributed by atoms with van der Waals surface area (Å²) in [5.74, 6) is 3.47. The molecule has 3 atom stereocenters. The Morgan fingerprint density at radius 3 is 1.57 bits per heavy atom. The number of amides is 3. The Bertz CT molecular complexity index is 1860. The SMILES string of the molecule is C.CC1CCN(P)CC1.O=C1COc2ccc(O)cc2N1.O=C1COc2ccc(OC3CCN(P)CC3)cc2N1.O=C1COc2ccccc2N1.O=CO[O-].OC1CCN(P)CC1.[Cs+].[Cs+].[H-]. The van der Waals surface area contributed by atoms with E-state index in [-0.39, 0.29) is 209 Å². The van der Waals surface area contributed by atoms with Crippen molar-refractivity contribution in [1.29, 1.82) is 0 Å². The van der Waals surface area contributed by atoms with Crippen LogP contribution in [0.25, 0.3) is 0 Å². The third kappa shape index (κ3) is 24.9. The number of rotatable bonds is 3. The molecular weight excluding hydrogens is 1140 g/mol. The van der Waals surface area contributed by atoms with Gasteiger partial charge < -0.3 is 56.7 Å². The summed E-state index contributed by atoms with van der Waals surface area (Å²) in [7, 11) is 8.12. The number of fused-ring (bicyclic) bond motifs is 3. The summed E-state index contributed by atoms with van der Waals surface area (Å²) in [5.41, 5.74) is 1.97. The van der Waals surface area contributed by atoms with Crippen molar-refractivity contribution in [2.45, 2.75) is 65.1 Å². The first-order valence-electron chi connectivity index (χ1n) is 20.2. The van der Waals surface area contributed by atoms with Crippen molar-refractivity contribution in [1.82, 2.24) is 14.0 Å². The molecule has 3 aromatic carbocycles. The van der Waals surface area contributed by atoms with Gasteiger partial charge in [-0.2, -0.15) is 0 Å². The number of carbonyl (C=O) groups is 4. The number of piperidine rings is 3. The third-order valence-electron chi connectivity index (χ3n) is 9.84. The predicted molar refractivity (Wildman–Crippen MR) is 249 cm³/mol. The van der Waals surface area contributed by atoms with E-state index in [1.165, 1.54) is 38.1 Å². The summed E-state index contributed by atoms with van der Waals surface area (Å²) in [6.45, 7) is 9.03. The number of hydrogen-bond acceptors (Lipinski definition) is 15. The molecule has 6 aliphatic rings. The molecule has 65 heavy (non-hydrogen) atoms. The van der Waals surface area contributed by atoms with Gasteiger partial charge in [0.05, 0.1) is 23.2 Å². The monoisotopic (exact) mass is 1200 g/mol. The molecule has 0 radical (unpaired) electrons. The fourth-order valence-corrected chi connectivity index (χ4v) is 7.23. The van der Waals surface area contributed by atoms with Gasteiger partial charge in [-0.05, 0) is 80.8 Å². The van der Waals surface area contributed by atoms with Crippen molar-refractivity contribution in [2.24, 2.45) is 5.92 Å². The summed E-state index contributed by atoms with van der Waals surface area (Å²) >= 11 is 0. The molecule has 3 fully saturated rings. The second-order valence-electron chi connectivity index (χ2n) is 14.9. The molecule has 0 bridgehead atoms. The zero-order valence-corrected chi connectivity index (χ0v) is 52.8. The number of phenols is 1. The Kier molecular flexibility index (Phi) is 33.7. The van der Waals surface area contributed by atoms with E-state index < -0.39 is 0 Å². The smallest absolute Gasteiger partial charge is 1.00 e. The quantitative estimate of drug-likeness (QED) is 0.0857. The predicted octanol–water partition coefficient (Wildman–Crippen LogP) is -1.68. The summed E-state index contributed by atoms with van der Waals surface area (Å²) in [4.78, 5) is 44.1. The molecule has 0 aromatic heterocycles. The number of carbonyl (C=O) groups excluding carboxylic acids is 4. The number of aliphatic hydroxyl groups is 1. The zero-order valence-electron chi connectivity index (χ0n) is 37.7. The fraction of sp³-hybridized carbons (Fsp3) is 0.476. The molecule has 5 N–H and O–H groups in total. The number of nitrogens with one attached hydrogen (secondary N) is 3. The van der Waals surface area contributed by atoms with Gasteiger partial charge in [-0.1, -0.05) is 54.7 Å². The van der Waals surface area contributed by atoms with E-state index in [1.807, 2.05) is 42.5 Å². The first kappa shape index (κ1) is 62.7. The number of anilines is 3. The van der Waals surface area contributed by atoms with Gasteiger partial charge in [-0.25, -0.2) is 0 Å². The molecule has 3 amide bonds. The van der Waals surface area contributed by atoms with Crippen LogP contribution >= 0.6 is 28.2 Å². The molecule has 18 nitrogen and oxygen atoms in total. The summed E-state index contributed by atoms with van der Waals surface area (Å²) in [6.07, 6.45) is 6.87. The first-order chi connectivity index (χ1) is 29.8. The summed E-state index contributed by atoms with van der Waals surface area (Å²) < 4.78 is 28.2. The van der Waals surface area contributed by atoms with E-state index in [0.29, 0.717) is 22.9 Å². The van der Waals surface area contributed by atoms with Crippen LogP contribution in [-0.2, 0) is 24.1 Å². The molecule has 9 rings (SSSR count). The Labute approximate surface area is 508 Å². The van der Waals surface area contributed by atoms with E-state index in [9.17, 15) is 14.4 Å². The van der Waals surface area contributed by atoms with Crippen molar-refractivity contribution >= 4 is 69.4 Å². The fourth-order valence-electron chi connectivity index (χ4n) is 6.33. The molecule has 6 aliphatic heterocycles. The van der Waals surface area contributed by atoms with Gasteiger partial charge in [0.15, 0.2) is 19.8 Å². The average Bonchev–Trinajstić information content (AvgIpc) is 3.27. The van der Waals surface area contributed by atoms with Crippen molar-refractivity contribution in [2.75, 3.05) is 75.0 Å². The van der Waals surface area contributed by atoms with Crippen molar-refractivity contribution in [3.05, 3.63) is 60.7 Å². The molecule has 23 heteroatoms. The minimum atomic E-state index is -0.201. The number of hydrogen-bond donors (Lipinski definition) is 5. The van der Waals surface area contributed by atoms with Gasteiger partial charge in [0.1, 0.15) is 34.9 Å². The summed E-state index contributed by atoms with van der Waals surface area (Å²) in [6, 6.07) is 17.5. The van der Waals surface area contributed by atoms with Crippen LogP contribution in [0.2, 0.25) is 0 Å². The van der Waals surface area contributed by atoms with Crippen LogP contribution in [0.4, 0.5) is 17.1 Å². The minimum Gasteiger partial charge on any atom is -1.00 e. The molecule has 0 aliphatic carbocycles. The average molecular weight is 1200 g/mol. The van der Waals surface area contributed by atoms with Crippen molar-refractivity contribution < 1.29 is 198 Å². The Morgan fingerprint density at radius 2 is 1.09 bits per heavy atom. The standard InChI is InChI=1S/C13H17N2O3P.C8H7NO3.C8H7NO2.C6H14NP.C5H12NOP.CH2O3.CH4.2Cs.H/c16-13-8-17-12-2-1-10(7-11(12)14-13)18-9-3-5-15(19)6-4-9;10-5-1-2-7-6(3-5)9-8(11)4-12-7;10-8-5-11-7-4-2-1-3-6(7)9-8;1-6-2-4-7(8)5-3-6;7-5-1-3-6(8)4-2-5;2-1-4-3;;;;/h1-2,7,9H,3-6,8,19H2,(H,14,16);1-3,10H,4H2,(H,9,11);1-4H,5H2,(H,9,10);6H,2-5,8H2,1H3;5,7H,1-4,8H2;1,3H;1H4;;;/q;;;;;;;2*+1;-1/p-1. The van der Waals surface area contributed by atoms with E-state index >= 15 is 0 Å².